The second kappa shape index (κ2) is 11.0. The van der Waals surface area contributed by atoms with E-state index in [4.69, 9.17) is 24.7 Å². The third kappa shape index (κ3) is 5.61. The van der Waals surface area contributed by atoms with Crippen LogP contribution in [0.4, 0.5) is 13.6 Å². The number of hydrogen-bond donors (Lipinski definition) is 2. The number of ether oxygens (including phenoxy) is 4. The van der Waals surface area contributed by atoms with E-state index in [1.54, 1.807) is 0 Å². The van der Waals surface area contributed by atoms with Crippen molar-refractivity contribution in [3.63, 3.8) is 0 Å². The Morgan fingerprint density at radius 2 is 1.77 bits per heavy atom. The predicted octanol–water partition coefficient (Wildman–Crippen LogP) is 4.35. The molecule has 3 N–H and O–H groups in total. The SMILES string of the molecule is CC(C)[C@@H]1CC[C@@H](C)C[C@H]1OC(=O)O[C@H](C)OC(=O)[C@]1(N)C(OCc2ccc(F)cc2)C[C@@H]2[C@H]1[C@@]2(F)C(=O)O. The van der Waals surface area contributed by atoms with E-state index < -0.39 is 59.3 Å². The first-order chi connectivity index (χ1) is 18.3. The normalized spacial score (nSPS) is 36.1. The molecule has 0 aromatic heterocycles. The second-order valence-corrected chi connectivity index (χ2v) is 11.6. The molecule has 1 aromatic carbocycles. The lowest BCUT2D eigenvalue weighted by Gasteiger charge is -2.36. The van der Waals surface area contributed by atoms with Crippen LogP contribution in [-0.2, 0) is 35.1 Å². The summed E-state index contributed by atoms with van der Waals surface area (Å²) in [6, 6.07) is 5.44. The Balaban J connectivity index is 1.41. The van der Waals surface area contributed by atoms with Gasteiger partial charge in [0.25, 0.3) is 0 Å². The molecule has 216 valence electrons. The number of aliphatic carboxylic acids is 1. The van der Waals surface area contributed by atoms with E-state index >= 15 is 4.39 Å². The highest BCUT2D eigenvalue weighted by Crippen LogP contribution is 2.67. The van der Waals surface area contributed by atoms with E-state index in [0.717, 1.165) is 12.8 Å². The fourth-order valence-corrected chi connectivity index (χ4v) is 6.39. The summed E-state index contributed by atoms with van der Waals surface area (Å²) in [5, 5.41) is 9.44. The molecule has 0 aliphatic heterocycles. The van der Waals surface area contributed by atoms with Gasteiger partial charge in [-0.05, 0) is 54.7 Å². The van der Waals surface area contributed by atoms with Gasteiger partial charge in [0.15, 0.2) is 0 Å². The summed E-state index contributed by atoms with van der Waals surface area (Å²) in [5.74, 6) is -4.86. The lowest BCUT2D eigenvalue weighted by atomic mass is 9.75. The maximum atomic E-state index is 15.2. The molecule has 9 nitrogen and oxygen atoms in total. The molecule has 0 bridgehead atoms. The molecule has 3 fully saturated rings. The standard InChI is InChI=1S/C28H37F2NO8/c1-14(2)19-10-5-15(3)11-21(19)39-26(35)38-16(4)37-25(34)28(31)22(12-20-23(28)27(20,30)24(32)33)36-13-17-6-8-18(29)9-7-17/h6-9,14-16,19-23H,5,10-13,31H2,1-4H3,(H,32,33)/t15-,16-,19+,20-,21-,22?,23+,27-,28+/m1/s1. The molecule has 3 aliphatic rings. The van der Waals surface area contributed by atoms with Crippen molar-refractivity contribution in [3.05, 3.63) is 35.6 Å². The number of carbonyl (C=O) groups is 3. The zero-order valence-electron chi connectivity index (χ0n) is 22.6. The molecule has 3 aliphatic carbocycles. The first-order valence-corrected chi connectivity index (χ1v) is 13.4. The molecule has 4 rings (SSSR count). The average Bonchev–Trinajstić information content (AvgIpc) is 3.33. The highest BCUT2D eigenvalue weighted by atomic mass is 19.1. The number of esters is 1. The van der Waals surface area contributed by atoms with Gasteiger partial charge in [0.05, 0.1) is 12.7 Å². The first kappa shape index (κ1) is 29.2. The number of carboxylic acid groups (broad SMARTS) is 1. The first-order valence-electron chi connectivity index (χ1n) is 13.4. The average molecular weight is 554 g/mol. The summed E-state index contributed by atoms with van der Waals surface area (Å²) in [5.41, 5.74) is 2.12. The maximum absolute atomic E-state index is 15.2. The van der Waals surface area contributed by atoms with Crippen molar-refractivity contribution in [2.75, 3.05) is 0 Å². The van der Waals surface area contributed by atoms with Crippen molar-refractivity contribution < 1.29 is 47.2 Å². The summed E-state index contributed by atoms with van der Waals surface area (Å²) in [7, 11) is 0. The van der Waals surface area contributed by atoms with Gasteiger partial charge in [-0.25, -0.2) is 23.2 Å². The van der Waals surface area contributed by atoms with E-state index in [9.17, 15) is 23.9 Å². The molecule has 0 radical (unpaired) electrons. The van der Waals surface area contributed by atoms with Gasteiger partial charge in [-0.3, -0.25) is 0 Å². The van der Waals surface area contributed by atoms with Gasteiger partial charge < -0.3 is 29.8 Å². The summed E-state index contributed by atoms with van der Waals surface area (Å²) in [4.78, 5) is 37.4. The third-order valence-electron chi connectivity index (χ3n) is 8.59. The van der Waals surface area contributed by atoms with E-state index in [0.29, 0.717) is 23.8 Å². The topological polar surface area (TPSA) is 134 Å². The van der Waals surface area contributed by atoms with Gasteiger partial charge in [0.1, 0.15) is 17.5 Å². The number of alkyl halides is 1. The summed E-state index contributed by atoms with van der Waals surface area (Å²) in [6.07, 6.45) is -1.32. The quantitative estimate of drug-likeness (QED) is 0.338. The van der Waals surface area contributed by atoms with Crippen LogP contribution in [0.25, 0.3) is 0 Å². The number of fused-ring (bicyclic) bond motifs is 1. The van der Waals surface area contributed by atoms with Crippen LogP contribution in [0.5, 0.6) is 0 Å². The summed E-state index contributed by atoms with van der Waals surface area (Å²) >= 11 is 0. The molecular formula is C28H37F2NO8. The molecule has 3 saturated carbocycles. The largest absolute Gasteiger partial charge is 0.511 e. The molecular weight excluding hydrogens is 516 g/mol. The minimum absolute atomic E-state index is 0.0712. The smallest absolute Gasteiger partial charge is 0.479 e. The van der Waals surface area contributed by atoms with Gasteiger partial charge in [0.2, 0.25) is 12.0 Å². The Hall–Kier alpha value is -2.79. The van der Waals surface area contributed by atoms with Gasteiger partial charge >= 0.3 is 18.1 Å². The van der Waals surface area contributed by atoms with Crippen LogP contribution < -0.4 is 5.73 Å². The Bertz CT molecular complexity index is 1080. The molecule has 1 unspecified atom stereocenters. The minimum Gasteiger partial charge on any atom is -0.479 e. The van der Waals surface area contributed by atoms with Crippen molar-refractivity contribution in [1.29, 1.82) is 0 Å². The summed E-state index contributed by atoms with van der Waals surface area (Å²) < 4.78 is 50.3. The zero-order valence-corrected chi connectivity index (χ0v) is 22.6. The molecule has 0 spiro atoms. The second-order valence-electron chi connectivity index (χ2n) is 11.6. The van der Waals surface area contributed by atoms with Gasteiger partial charge in [-0.15, -0.1) is 0 Å². The molecule has 9 atom stereocenters. The van der Waals surface area contributed by atoms with Gasteiger partial charge in [0, 0.05) is 18.8 Å². The highest BCUT2D eigenvalue weighted by Gasteiger charge is 2.85. The lowest BCUT2D eigenvalue weighted by molar-refractivity contribution is -0.184. The molecule has 39 heavy (non-hydrogen) atoms. The van der Waals surface area contributed by atoms with E-state index in [1.165, 1.54) is 31.2 Å². The minimum atomic E-state index is -2.70. The van der Waals surface area contributed by atoms with Gasteiger partial charge in [-0.1, -0.05) is 39.3 Å². The Morgan fingerprint density at radius 3 is 2.38 bits per heavy atom. The van der Waals surface area contributed by atoms with Crippen molar-refractivity contribution >= 4 is 18.1 Å². The molecule has 0 heterocycles. The van der Waals surface area contributed by atoms with Crippen molar-refractivity contribution in [1.82, 2.24) is 0 Å². The predicted molar refractivity (Wildman–Crippen MR) is 133 cm³/mol. The fraction of sp³-hybridized carbons (Fsp3) is 0.679. The number of carboxylic acids is 1. The zero-order chi connectivity index (χ0) is 28.7. The van der Waals surface area contributed by atoms with Crippen LogP contribution in [-0.4, -0.2) is 52.9 Å². The monoisotopic (exact) mass is 553 g/mol. The number of benzene rings is 1. The van der Waals surface area contributed by atoms with E-state index in [1.807, 2.05) is 0 Å². The molecule has 0 amide bonds. The van der Waals surface area contributed by atoms with Crippen LogP contribution in [0.1, 0.15) is 58.9 Å². The van der Waals surface area contributed by atoms with E-state index in [2.05, 4.69) is 20.8 Å². The maximum Gasteiger partial charge on any atom is 0.511 e. The summed E-state index contributed by atoms with van der Waals surface area (Å²) in [6.45, 7) is 7.44. The Morgan fingerprint density at radius 1 is 1.10 bits per heavy atom. The molecule has 1 aromatic rings. The fourth-order valence-electron chi connectivity index (χ4n) is 6.39. The van der Waals surface area contributed by atoms with Crippen LogP contribution in [0, 0.1) is 35.4 Å². The van der Waals surface area contributed by atoms with Crippen LogP contribution in [0.3, 0.4) is 0 Å². The van der Waals surface area contributed by atoms with Crippen LogP contribution in [0.2, 0.25) is 0 Å². The number of hydrogen-bond acceptors (Lipinski definition) is 8. The van der Waals surface area contributed by atoms with E-state index in [-0.39, 0.29) is 25.0 Å². The number of nitrogens with two attached hydrogens (primary N) is 1. The Labute approximate surface area is 226 Å². The number of rotatable bonds is 9. The highest BCUT2D eigenvalue weighted by molar-refractivity contribution is 5.91. The number of halogens is 2. The molecule has 11 heteroatoms. The lowest BCUT2D eigenvalue weighted by Crippen LogP contribution is -2.61. The molecule has 0 saturated heterocycles. The van der Waals surface area contributed by atoms with Crippen LogP contribution in [0.15, 0.2) is 24.3 Å². The van der Waals surface area contributed by atoms with Crippen molar-refractivity contribution in [2.24, 2.45) is 35.3 Å². The van der Waals surface area contributed by atoms with Crippen molar-refractivity contribution in [2.45, 2.75) is 89.7 Å². The number of carbonyl (C=O) groups excluding carboxylic acids is 2. The third-order valence-corrected chi connectivity index (χ3v) is 8.59. The van der Waals surface area contributed by atoms with Gasteiger partial charge in [-0.2, -0.15) is 0 Å². The van der Waals surface area contributed by atoms with Crippen LogP contribution >= 0.6 is 0 Å². The van der Waals surface area contributed by atoms with Crippen molar-refractivity contribution in [3.8, 4) is 0 Å². The Kier molecular flexibility index (Phi) is 8.23.